The van der Waals surface area contributed by atoms with Gasteiger partial charge in [-0.1, -0.05) is 0 Å². The number of aliphatic hydroxyl groups is 1. The molecule has 2 rings (SSSR count). The summed E-state index contributed by atoms with van der Waals surface area (Å²) in [6.45, 7) is 4.69. The standard InChI is InChI=1S/C12H22N2O3/c1-9-11(3-2-4-13-9)12(16)14-5-6-17-8-10(14)7-15/h9-11,13,15H,2-8H2,1H3. The van der Waals surface area contributed by atoms with Crippen molar-refractivity contribution in [3.8, 4) is 0 Å². The Labute approximate surface area is 102 Å². The molecule has 2 aliphatic heterocycles. The van der Waals surface area contributed by atoms with Gasteiger partial charge in [0.2, 0.25) is 5.91 Å². The Morgan fingerprint density at radius 1 is 1.59 bits per heavy atom. The molecule has 0 aromatic carbocycles. The fraction of sp³-hybridized carbons (Fsp3) is 0.917. The molecule has 0 aromatic rings. The first-order chi connectivity index (χ1) is 8.24. The third-order valence-corrected chi connectivity index (χ3v) is 3.80. The van der Waals surface area contributed by atoms with E-state index < -0.39 is 0 Å². The van der Waals surface area contributed by atoms with Crippen molar-refractivity contribution >= 4 is 5.91 Å². The molecule has 98 valence electrons. The summed E-state index contributed by atoms with van der Waals surface area (Å²) in [6, 6.07) is 0.0730. The highest BCUT2D eigenvalue weighted by Crippen LogP contribution is 2.21. The molecule has 1 amide bonds. The number of hydrogen-bond acceptors (Lipinski definition) is 4. The van der Waals surface area contributed by atoms with Crippen LogP contribution in [0.25, 0.3) is 0 Å². The summed E-state index contributed by atoms with van der Waals surface area (Å²) in [6.07, 6.45) is 2.00. The van der Waals surface area contributed by atoms with Gasteiger partial charge in [0, 0.05) is 12.6 Å². The van der Waals surface area contributed by atoms with E-state index in [2.05, 4.69) is 12.2 Å². The molecule has 2 aliphatic rings. The summed E-state index contributed by atoms with van der Waals surface area (Å²) in [5.41, 5.74) is 0. The van der Waals surface area contributed by atoms with Crippen LogP contribution in [0.15, 0.2) is 0 Å². The van der Waals surface area contributed by atoms with Gasteiger partial charge >= 0.3 is 0 Å². The van der Waals surface area contributed by atoms with Crippen LogP contribution < -0.4 is 5.32 Å². The van der Waals surface area contributed by atoms with Gasteiger partial charge in [0.15, 0.2) is 0 Å². The summed E-state index contributed by atoms with van der Waals surface area (Å²) in [5, 5.41) is 12.6. The first-order valence-electron chi connectivity index (χ1n) is 6.46. The lowest BCUT2D eigenvalue weighted by Crippen LogP contribution is -2.56. The third kappa shape index (κ3) is 2.78. The minimum absolute atomic E-state index is 0.0136. The summed E-state index contributed by atoms with van der Waals surface area (Å²) in [5.74, 6) is 0.225. The van der Waals surface area contributed by atoms with Crippen molar-refractivity contribution < 1.29 is 14.6 Å². The summed E-state index contributed by atoms with van der Waals surface area (Å²) < 4.78 is 5.30. The largest absolute Gasteiger partial charge is 0.394 e. The van der Waals surface area contributed by atoms with Gasteiger partial charge in [0.05, 0.1) is 31.8 Å². The minimum atomic E-state index is -0.162. The monoisotopic (exact) mass is 242 g/mol. The molecule has 2 heterocycles. The Morgan fingerprint density at radius 2 is 2.41 bits per heavy atom. The van der Waals surface area contributed by atoms with E-state index in [4.69, 9.17) is 4.74 Å². The van der Waals surface area contributed by atoms with Crippen LogP contribution in [0.5, 0.6) is 0 Å². The van der Waals surface area contributed by atoms with Crippen molar-refractivity contribution in [3.63, 3.8) is 0 Å². The second-order valence-corrected chi connectivity index (χ2v) is 4.93. The molecule has 0 aromatic heterocycles. The van der Waals surface area contributed by atoms with Crippen molar-refractivity contribution in [1.29, 1.82) is 0 Å². The lowest BCUT2D eigenvalue weighted by atomic mass is 9.90. The van der Waals surface area contributed by atoms with Crippen LogP contribution in [0.4, 0.5) is 0 Å². The zero-order valence-corrected chi connectivity index (χ0v) is 10.4. The number of piperidine rings is 1. The molecule has 2 saturated heterocycles. The SMILES string of the molecule is CC1NCCCC1C(=O)N1CCOCC1CO. The third-order valence-electron chi connectivity index (χ3n) is 3.80. The molecule has 17 heavy (non-hydrogen) atoms. The predicted octanol–water partition coefficient (Wildman–Crippen LogP) is -0.406. The smallest absolute Gasteiger partial charge is 0.227 e. The molecule has 5 nitrogen and oxygen atoms in total. The predicted molar refractivity (Wildman–Crippen MR) is 63.6 cm³/mol. The average Bonchev–Trinajstić information content (AvgIpc) is 2.38. The van der Waals surface area contributed by atoms with Crippen molar-refractivity contribution in [2.45, 2.75) is 31.8 Å². The molecule has 0 saturated carbocycles. The molecule has 3 unspecified atom stereocenters. The number of nitrogens with zero attached hydrogens (tertiary/aromatic N) is 1. The van der Waals surface area contributed by atoms with Gasteiger partial charge in [0.25, 0.3) is 0 Å². The first-order valence-corrected chi connectivity index (χ1v) is 6.46. The topological polar surface area (TPSA) is 61.8 Å². The fourth-order valence-electron chi connectivity index (χ4n) is 2.69. The van der Waals surface area contributed by atoms with E-state index in [1.165, 1.54) is 0 Å². The molecule has 0 bridgehead atoms. The zero-order chi connectivity index (χ0) is 12.3. The Hall–Kier alpha value is -0.650. The van der Waals surface area contributed by atoms with Gasteiger partial charge in [-0.2, -0.15) is 0 Å². The van der Waals surface area contributed by atoms with Crippen LogP contribution in [-0.4, -0.2) is 60.9 Å². The number of amides is 1. The van der Waals surface area contributed by atoms with Crippen LogP contribution >= 0.6 is 0 Å². The molecule has 2 N–H and O–H groups in total. The van der Waals surface area contributed by atoms with E-state index in [1.54, 1.807) is 4.90 Å². The average molecular weight is 242 g/mol. The zero-order valence-electron chi connectivity index (χ0n) is 10.4. The van der Waals surface area contributed by atoms with Gasteiger partial charge in [0.1, 0.15) is 0 Å². The lowest BCUT2D eigenvalue weighted by molar-refractivity contribution is -0.147. The van der Waals surface area contributed by atoms with Gasteiger partial charge in [-0.05, 0) is 26.3 Å². The quantitative estimate of drug-likeness (QED) is 0.691. The molecule has 0 aliphatic carbocycles. The molecule has 3 atom stereocenters. The minimum Gasteiger partial charge on any atom is -0.394 e. The Kier molecular flexibility index (Phi) is 4.36. The highest BCUT2D eigenvalue weighted by atomic mass is 16.5. The number of hydrogen-bond donors (Lipinski definition) is 2. The Morgan fingerprint density at radius 3 is 3.12 bits per heavy atom. The van der Waals surface area contributed by atoms with Gasteiger partial charge < -0.3 is 20.1 Å². The second kappa shape index (κ2) is 5.80. The molecule has 5 heteroatoms. The van der Waals surface area contributed by atoms with Crippen molar-refractivity contribution in [2.75, 3.05) is 32.9 Å². The van der Waals surface area contributed by atoms with Gasteiger partial charge in [-0.15, -0.1) is 0 Å². The summed E-state index contributed by atoms with van der Waals surface area (Å²) >= 11 is 0. The summed E-state index contributed by atoms with van der Waals surface area (Å²) in [4.78, 5) is 14.3. The van der Waals surface area contributed by atoms with E-state index in [1.807, 2.05) is 0 Å². The normalized spacial score (nSPS) is 34.7. The van der Waals surface area contributed by atoms with Gasteiger partial charge in [-0.25, -0.2) is 0 Å². The molecule has 2 fully saturated rings. The van der Waals surface area contributed by atoms with Crippen molar-refractivity contribution in [2.24, 2.45) is 5.92 Å². The van der Waals surface area contributed by atoms with Crippen LogP contribution in [0.2, 0.25) is 0 Å². The molecule has 0 radical (unpaired) electrons. The molecule has 0 spiro atoms. The van der Waals surface area contributed by atoms with E-state index in [9.17, 15) is 9.90 Å². The number of aliphatic hydroxyl groups excluding tert-OH is 1. The van der Waals surface area contributed by atoms with Crippen molar-refractivity contribution in [1.82, 2.24) is 10.2 Å². The van der Waals surface area contributed by atoms with Crippen LogP contribution in [0.1, 0.15) is 19.8 Å². The Balaban J connectivity index is 2.01. The van der Waals surface area contributed by atoms with Crippen LogP contribution in [0, 0.1) is 5.92 Å². The number of carbonyl (C=O) groups excluding carboxylic acids is 1. The highest BCUT2D eigenvalue weighted by Gasteiger charge is 2.35. The maximum atomic E-state index is 12.5. The van der Waals surface area contributed by atoms with Crippen molar-refractivity contribution in [3.05, 3.63) is 0 Å². The van der Waals surface area contributed by atoms with Crippen LogP contribution in [-0.2, 0) is 9.53 Å². The maximum Gasteiger partial charge on any atom is 0.227 e. The summed E-state index contributed by atoms with van der Waals surface area (Å²) in [7, 11) is 0. The number of carbonyl (C=O) groups is 1. The van der Waals surface area contributed by atoms with E-state index >= 15 is 0 Å². The van der Waals surface area contributed by atoms with E-state index in [0.717, 1.165) is 19.4 Å². The number of rotatable bonds is 2. The molecular formula is C12H22N2O3. The fourth-order valence-corrected chi connectivity index (χ4v) is 2.69. The second-order valence-electron chi connectivity index (χ2n) is 4.93. The maximum absolute atomic E-state index is 12.5. The lowest BCUT2D eigenvalue weighted by Gasteiger charge is -2.39. The van der Waals surface area contributed by atoms with Crippen LogP contribution in [0.3, 0.4) is 0 Å². The van der Waals surface area contributed by atoms with Gasteiger partial charge in [-0.3, -0.25) is 4.79 Å². The van der Waals surface area contributed by atoms with E-state index in [-0.39, 0.29) is 30.5 Å². The number of nitrogens with one attached hydrogen (secondary N) is 1. The highest BCUT2D eigenvalue weighted by molar-refractivity contribution is 5.80. The van der Waals surface area contributed by atoms with E-state index in [0.29, 0.717) is 19.8 Å². The number of morpholine rings is 1. The number of ether oxygens (including phenoxy) is 1. The first kappa shape index (κ1) is 12.8. The molecular weight excluding hydrogens is 220 g/mol. The Bertz CT molecular complexity index is 272.